The number of nitrogens with zero attached hydrogens (tertiary/aromatic N) is 2. The van der Waals surface area contributed by atoms with E-state index in [1.807, 2.05) is 6.20 Å². The van der Waals surface area contributed by atoms with Crippen molar-refractivity contribution in [2.75, 3.05) is 13.1 Å². The molecule has 104 valence electrons. The molecule has 19 heavy (non-hydrogen) atoms. The third-order valence-electron chi connectivity index (χ3n) is 4.46. The summed E-state index contributed by atoms with van der Waals surface area (Å²) in [4.78, 5) is 14.3. The van der Waals surface area contributed by atoms with Crippen molar-refractivity contribution in [3.63, 3.8) is 0 Å². The largest absolute Gasteiger partial charge is 0.342 e. The zero-order chi connectivity index (χ0) is 13.2. The summed E-state index contributed by atoms with van der Waals surface area (Å²) in [6, 6.07) is 0. The van der Waals surface area contributed by atoms with Crippen LogP contribution < -0.4 is 0 Å². The first-order valence-corrected chi connectivity index (χ1v) is 7.49. The van der Waals surface area contributed by atoms with Crippen molar-refractivity contribution in [3.8, 4) is 0 Å². The van der Waals surface area contributed by atoms with E-state index in [9.17, 15) is 4.79 Å². The molecule has 1 N–H and O–H groups in total. The normalized spacial score (nSPS) is 23.6. The van der Waals surface area contributed by atoms with Crippen molar-refractivity contribution >= 4 is 5.91 Å². The molecule has 3 rings (SSSR count). The molecule has 0 bridgehead atoms. The molecule has 1 aromatic heterocycles. The van der Waals surface area contributed by atoms with Crippen LogP contribution in [0.15, 0.2) is 6.20 Å². The molecule has 1 aromatic rings. The van der Waals surface area contributed by atoms with Gasteiger partial charge in [-0.2, -0.15) is 5.10 Å². The van der Waals surface area contributed by atoms with Crippen molar-refractivity contribution in [2.45, 2.75) is 45.4 Å². The zero-order valence-corrected chi connectivity index (χ0v) is 11.7. The summed E-state index contributed by atoms with van der Waals surface area (Å²) in [5.74, 6) is 1.67. The molecule has 2 fully saturated rings. The lowest BCUT2D eigenvalue weighted by molar-refractivity contribution is -0.133. The predicted octanol–water partition coefficient (Wildman–Crippen LogP) is 2.30. The van der Waals surface area contributed by atoms with Crippen molar-refractivity contribution in [1.29, 1.82) is 0 Å². The van der Waals surface area contributed by atoms with E-state index in [-0.39, 0.29) is 0 Å². The summed E-state index contributed by atoms with van der Waals surface area (Å²) < 4.78 is 0. The van der Waals surface area contributed by atoms with E-state index in [0.717, 1.165) is 32.4 Å². The van der Waals surface area contributed by atoms with Gasteiger partial charge in [0.15, 0.2) is 0 Å². The van der Waals surface area contributed by atoms with Crippen LogP contribution in [0, 0.1) is 18.8 Å². The molecule has 0 spiro atoms. The summed E-state index contributed by atoms with van der Waals surface area (Å²) >= 11 is 0. The minimum absolute atomic E-state index is 0.383. The first-order valence-electron chi connectivity index (χ1n) is 7.49. The number of hydrogen-bond acceptors (Lipinski definition) is 2. The van der Waals surface area contributed by atoms with Crippen LogP contribution in [0.1, 0.15) is 43.4 Å². The third-order valence-corrected chi connectivity index (χ3v) is 4.46. The number of carbonyl (C=O) groups is 1. The fraction of sp³-hybridized carbons (Fsp3) is 0.733. The Morgan fingerprint density at radius 1 is 1.42 bits per heavy atom. The maximum absolute atomic E-state index is 12.2. The molecule has 2 heterocycles. The molecule has 1 saturated carbocycles. The van der Waals surface area contributed by atoms with Crippen LogP contribution in [0.5, 0.6) is 0 Å². The van der Waals surface area contributed by atoms with E-state index < -0.39 is 0 Å². The molecule has 2 aliphatic rings. The van der Waals surface area contributed by atoms with Crippen molar-refractivity contribution in [3.05, 3.63) is 17.5 Å². The van der Waals surface area contributed by atoms with Crippen molar-refractivity contribution in [1.82, 2.24) is 15.1 Å². The molecule has 1 atom stereocenters. The first kappa shape index (κ1) is 12.7. The predicted molar refractivity (Wildman–Crippen MR) is 73.7 cm³/mol. The highest BCUT2D eigenvalue weighted by molar-refractivity contribution is 5.76. The van der Waals surface area contributed by atoms with Crippen LogP contribution >= 0.6 is 0 Å². The standard InChI is InChI=1S/C15H23N3O/c1-11-9-16-17-14(11)7-13-3-2-6-18(10-13)15(19)8-12-4-5-12/h9,12-13H,2-8,10H2,1H3,(H,16,17). The van der Waals surface area contributed by atoms with Gasteiger partial charge in [-0.3, -0.25) is 9.89 Å². The minimum atomic E-state index is 0.383. The lowest BCUT2D eigenvalue weighted by atomic mass is 9.92. The van der Waals surface area contributed by atoms with Gasteiger partial charge in [0.1, 0.15) is 0 Å². The van der Waals surface area contributed by atoms with Gasteiger partial charge in [-0.1, -0.05) is 0 Å². The van der Waals surface area contributed by atoms with Gasteiger partial charge in [-0.25, -0.2) is 0 Å². The SMILES string of the molecule is Cc1cn[nH]c1CC1CCCN(C(=O)CC2CC2)C1. The van der Waals surface area contributed by atoms with Crippen molar-refractivity contribution < 1.29 is 4.79 Å². The van der Waals surface area contributed by atoms with Crippen LogP contribution in [-0.4, -0.2) is 34.1 Å². The number of amides is 1. The van der Waals surface area contributed by atoms with E-state index >= 15 is 0 Å². The first-order chi connectivity index (χ1) is 9.22. The Hall–Kier alpha value is -1.32. The maximum Gasteiger partial charge on any atom is 0.222 e. The summed E-state index contributed by atoms with van der Waals surface area (Å²) in [5, 5.41) is 7.17. The molecular weight excluding hydrogens is 238 g/mol. The van der Waals surface area contributed by atoms with Gasteiger partial charge < -0.3 is 4.90 Å². The van der Waals surface area contributed by atoms with Gasteiger partial charge in [0.05, 0.1) is 6.20 Å². The number of aromatic nitrogens is 2. The second kappa shape index (κ2) is 5.35. The van der Waals surface area contributed by atoms with E-state index in [2.05, 4.69) is 22.0 Å². The third kappa shape index (κ3) is 3.17. The van der Waals surface area contributed by atoms with Gasteiger partial charge >= 0.3 is 0 Å². The lowest BCUT2D eigenvalue weighted by Gasteiger charge is -2.33. The zero-order valence-electron chi connectivity index (χ0n) is 11.7. The molecule has 0 aromatic carbocycles. The fourth-order valence-corrected chi connectivity index (χ4v) is 3.02. The Labute approximate surface area is 114 Å². The number of aryl methyl sites for hydroxylation is 1. The van der Waals surface area contributed by atoms with E-state index in [0.29, 0.717) is 17.7 Å². The topological polar surface area (TPSA) is 49.0 Å². The highest BCUT2D eigenvalue weighted by Gasteiger charge is 2.29. The second-order valence-corrected chi connectivity index (χ2v) is 6.23. The Bertz CT molecular complexity index is 450. The fourth-order valence-electron chi connectivity index (χ4n) is 3.02. The summed E-state index contributed by atoms with van der Waals surface area (Å²) in [5.41, 5.74) is 2.47. The number of aromatic amines is 1. The number of likely N-dealkylation sites (tertiary alicyclic amines) is 1. The summed E-state index contributed by atoms with van der Waals surface area (Å²) in [7, 11) is 0. The summed E-state index contributed by atoms with van der Waals surface area (Å²) in [6.07, 6.45) is 8.59. The Balaban J connectivity index is 1.55. The highest BCUT2D eigenvalue weighted by atomic mass is 16.2. The van der Waals surface area contributed by atoms with Crippen LogP contribution in [0.3, 0.4) is 0 Å². The summed E-state index contributed by atoms with van der Waals surface area (Å²) in [6.45, 7) is 3.99. The smallest absolute Gasteiger partial charge is 0.222 e. The molecule has 0 radical (unpaired) electrons. The number of carbonyl (C=O) groups excluding carboxylic acids is 1. The Morgan fingerprint density at radius 3 is 2.95 bits per heavy atom. The molecule has 1 unspecified atom stereocenters. The molecule has 1 amide bonds. The van der Waals surface area contributed by atoms with Crippen LogP contribution in [0.4, 0.5) is 0 Å². The number of nitrogens with one attached hydrogen (secondary N) is 1. The lowest BCUT2D eigenvalue weighted by Crippen LogP contribution is -2.40. The van der Waals surface area contributed by atoms with Gasteiger partial charge in [0, 0.05) is 25.2 Å². The average Bonchev–Trinajstić information content (AvgIpc) is 3.13. The van der Waals surface area contributed by atoms with E-state index in [4.69, 9.17) is 0 Å². The molecule has 4 nitrogen and oxygen atoms in total. The molecular formula is C15H23N3O. The van der Waals surface area contributed by atoms with E-state index in [1.54, 1.807) is 0 Å². The Kier molecular flexibility index (Phi) is 3.58. The van der Waals surface area contributed by atoms with Gasteiger partial charge in [-0.15, -0.1) is 0 Å². The molecule has 1 aliphatic heterocycles. The maximum atomic E-state index is 12.2. The molecule has 4 heteroatoms. The number of hydrogen-bond donors (Lipinski definition) is 1. The number of rotatable bonds is 4. The second-order valence-electron chi connectivity index (χ2n) is 6.23. The van der Waals surface area contributed by atoms with Crippen LogP contribution in [0.2, 0.25) is 0 Å². The van der Waals surface area contributed by atoms with Gasteiger partial charge in [0.2, 0.25) is 5.91 Å². The van der Waals surface area contributed by atoms with Crippen LogP contribution in [-0.2, 0) is 11.2 Å². The van der Waals surface area contributed by atoms with Gasteiger partial charge in [-0.05, 0) is 56.4 Å². The molecule has 1 aliphatic carbocycles. The molecule has 1 saturated heterocycles. The Morgan fingerprint density at radius 2 is 2.26 bits per heavy atom. The monoisotopic (exact) mass is 261 g/mol. The minimum Gasteiger partial charge on any atom is -0.342 e. The quantitative estimate of drug-likeness (QED) is 0.904. The average molecular weight is 261 g/mol. The van der Waals surface area contributed by atoms with Crippen LogP contribution in [0.25, 0.3) is 0 Å². The van der Waals surface area contributed by atoms with Gasteiger partial charge in [0.25, 0.3) is 0 Å². The number of H-pyrrole nitrogens is 1. The van der Waals surface area contributed by atoms with Crippen molar-refractivity contribution in [2.24, 2.45) is 11.8 Å². The number of piperidine rings is 1. The van der Waals surface area contributed by atoms with E-state index in [1.165, 1.54) is 30.5 Å². The highest BCUT2D eigenvalue weighted by Crippen LogP contribution is 2.33.